The summed E-state index contributed by atoms with van der Waals surface area (Å²) >= 11 is 0. The zero-order valence-electron chi connectivity index (χ0n) is 8.89. The first kappa shape index (κ1) is 10.7. The molecule has 0 fully saturated rings. The van der Waals surface area contributed by atoms with E-state index in [1.54, 1.807) is 43.7 Å². The third-order valence-corrected chi connectivity index (χ3v) is 2.46. The van der Waals surface area contributed by atoms with Crippen LogP contribution in [-0.4, -0.2) is 9.97 Å². The predicted molar refractivity (Wildman–Crippen MR) is 59.2 cm³/mol. The minimum atomic E-state index is -0.575. The van der Waals surface area contributed by atoms with Crippen LogP contribution in [0.1, 0.15) is 22.9 Å². The van der Waals surface area contributed by atoms with Gasteiger partial charge in [-0.25, -0.2) is 4.39 Å². The Morgan fingerprint density at radius 2 is 2.12 bits per heavy atom. The summed E-state index contributed by atoms with van der Waals surface area (Å²) in [5.74, 6) is -0.277. The minimum Gasteiger partial charge on any atom is -0.319 e. The van der Waals surface area contributed by atoms with E-state index in [0.29, 0.717) is 16.8 Å². The third kappa shape index (κ3) is 1.92. The zero-order valence-corrected chi connectivity index (χ0v) is 8.89. The average molecular weight is 217 g/mol. The maximum atomic E-state index is 13.8. The Labute approximate surface area is 93.2 Å². The van der Waals surface area contributed by atoms with Crippen molar-refractivity contribution < 1.29 is 4.39 Å². The second-order valence-electron chi connectivity index (χ2n) is 3.59. The van der Waals surface area contributed by atoms with Crippen LogP contribution >= 0.6 is 0 Å². The smallest absolute Gasteiger partial charge is 0.131 e. The second-order valence-corrected chi connectivity index (χ2v) is 3.59. The maximum Gasteiger partial charge on any atom is 0.131 e. The van der Waals surface area contributed by atoms with E-state index in [1.807, 2.05) is 0 Å². The van der Waals surface area contributed by atoms with E-state index in [2.05, 4.69) is 9.97 Å². The molecule has 2 rings (SSSR count). The van der Waals surface area contributed by atoms with Crippen LogP contribution in [0.15, 0.2) is 36.8 Å². The first-order valence-electron chi connectivity index (χ1n) is 4.96. The van der Waals surface area contributed by atoms with Gasteiger partial charge in [-0.1, -0.05) is 18.2 Å². The molecule has 0 aliphatic heterocycles. The van der Waals surface area contributed by atoms with Gasteiger partial charge in [-0.2, -0.15) is 0 Å². The topological polar surface area (TPSA) is 51.8 Å². The summed E-state index contributed by atoms with van der Waals surface area (Å²) in [5.41, 5.74) is 7.53. The molecule has 1 atom stereocenters. The van der Waals surface area contributed by atoms with Gasteiger partial charge in [0.15, 0.2) is 0 Å². The van der Waals surface area contributed by atoms with E-state index in [1.165, 1.54) is 0 Å². The van der Waals surface area contributed by atoms with Crippen molar-refractivity contribution >= 4 is 0 Å². The quantitative estimate of drug-likeness (QED) is 0.836. The van der Waals surface area contributed by atoms with E-state index < -0.39 is 6.04 Å². The Bertz CT molecular complexity index is 485. The zero-order chi connectivity index (χ0) is 11.5. The van der Waals surface area contributed by atoms with Gasteiger partial charge in [0.05, 0.1) is 17.9 Å². The highest BCUT2D eigenvalue weighted by Crippen LogP contribution is 2.21. The van der Waals surface area contributed by atoms with Crippen molar-refractivity contribution in [3.05, 3.63) is 59.4 Å². The van der Waals surface area contributed by atoms with Gasteiger partial charge in [0.25, 0.3) is 0 Å². The minimum absolute atomic E-state index is 0.277. The molecule has 1 aromatic heterocycles. The summed E-state index contributed by atoms with van der Waals surface area (Å²) in [6.07, 6.45) is 4.65. The van der Waals surface area contributed by atoms with Crippen LogP contribution in [0.25, 0.3) is 0 Å². The Morgan fingerprint density at radius 1 is 1.31 bits per heavy atom. The lowest BCUT2D eigenvalue weighted by molar-refractivity contribution is 0.588. The van der Waals surface area contributed by atoms with Gasteiger partial charge in [0.1, 0.15) is 5.82 Å². The molecule has 0 saturated carbocycles. The molecule has 2 N–H and O–H groups in total. The van der Waals surface area contributed by atoms with Gasteiger partial charge < -0.3 is 5.73 Å². The van der Waals surface area contributed by atoms with Crippen molar-refractivity contribution in [3.8, 4) is 0 Å². The SMILES string of the molecule is Cc1cccc(C(N)c2cnccn2)c1F. The number of aromatic nitrogens is 2. The Kier molecular flexibility index (Phi) is 2.92. The standard InChI is InChI=1S/C12H12FN3/c1-8-3-2-4-9(11(8)13)12(14)10-7-15-5-6-16-10/h2-7,12H,14H2,1H3. The van der Waals surface area contributed by atoms with Crippen molar-refractivity contribution in [2.24, 2.45) is 5.73 Å². The Hall–Kier alpha value is -1.81. The highest BCUT2D eigenvalue weighted by Gasteiger charge is 2.15. The molecular formula is C12H12FN3. The normalized spacial score (nSPS) is 12.4. The van der Waals surface area contributed by atoms with Gasteiger partial charge in [-0.15, -0.1) is 0 Å². The van der Waals surface area contributed by atoms with Crippen molar-refractivity contribution in [1.29, 1.82) is 0 Å². The number of hydrogen-bond acceptors (Lipinski definition) is 3. The fourth-order valence-corrected chi connectivity index (χ4v) is 1.54. The van der Waals surface area contributed by atoms with Gasteiger partial charge in [0, 0.05) is 18.0 Å². The Balaban J connectivity index is 2.42. The molecule has 0 bridgehead atoms. The monoisotopic (exact) mass is 217 g/mol. The van der Waals surface area contributed by atoms with Gasteiger partial charge in [-0.3, -0.25) is 9.97 Å². The van der Waals surface area contributed by atoms with Crippen LogP contribution in [0.4, 0.5) is 4.39 Å². The van der Waals surface area contributed by atoms with Crippen LogP contribution in [0.2, 0.25) is 0 Å². The summed E-state index contributed by atoms with van der Waals surface area (Å²) in [6.45, 7) is 1.71. The molecular weight excluding hydrogens is 205 g/mol. The van der Waals surface area contributed by atoms with Crippen LogP contribution < -0.4 is 5.73 Å². The van der Waals surface area contributed by atoms with E-state index in [9.17, 15) is 4.39 Å². The number of rotatable bonds is 2. The maximum absolute atomic E-state index is 13.8. The summed E-state index contributed by atoms with van der Waals surface area (Å²) < 4.78 is 13.8. The number of benzene rings is 1. The number of aryl methyl sites for hydroxylation is 1. The second kappa shape index (κ2) is 4.37. The van der Waals surface area contributed by atoms with E-state index in [-0.39, 0.29) is 5.82 Å². The molecule has 1 heterocycles. The lowest BCUT2D eigenvalue weighted by Crippen LogP contribution is -2.15. The number of nitrogens with two attached hydrogens (primary N) is 1. The van der Waals surface area contributed by atoms with E-state index in [0.717, 1.165) is 0 Å². The first-order valence-corrected chi connectivity index (χ1v) is 4.96. The molecule has 82 valence electrons. The van der Waals surface area contributed by atoms with Crippen LogP contribution in [0, 0.1) is 12.7 Å². The molecule has 0 radical (unpaired) electrons. The lowest BCUT2D eigenvalue weighted by atomic mass is 10.0. The largest absolute Gasteiger partial charge is 0.319 e. The molecule has 0 aliphatic carbocycles. The lowest BCUT2D eigenvalue weighted by Gasteiger charge is -2.12. The van der Waals surface area contributed by atoms with E-state index >= 15 is 0 Å². The van der Waals surface area contributed by atoms with Crippen LogP contribution in [0.5, 0.6) is 0 Å². The molecule has 4 heteroatoms. The molecule has 1 aromatic carbocycles. The molecule has 0 aliphatic rings. The highest BCUT2D eigenvalue weighted by molar-refractivity contribution is 5.31. The summed E-state index contributed by atoms with van der Waals surface area (Å²) in [5, 5.41) is 0. The number of hydrogen-bond donors (Lipinski definition) is 1. The van der Waals surface area contributed by atoms with Gasteiger partial charge >= 0.3 is 0 Å². The molecule has 0 spiro atoms. The highest BCUT2D eigenvalue weighted by atomic mass is 19.1. The van der Waals surface area contributed by atoms with Crippen molar-refractivity contribution in [3.63, 3.8) is 0 Å². The summed E-state index contributed by atoms with van der Waals surface area (Å²) in [4.78, 5) is 7.99. The first-order chi connectivity index (χ1) is 7.70. The van der Waals surface area contributed by atoms with Gasteiger partial charge in [-0.05, 0) is 12.5 Å². The molecule has 2 aromatic rings. The molecule has 0 amide bonds. The molecule has 3 nitrogen and oxygen atoms in total. The number of nitrogens with zero attached hydrogens (tertiary/aromatic N) is 2. The van der Waals surface area contributed by atoms with Crippen molar-refractivity contribution in [2.75, 3.05) is 0 Å². The van der Waals surface area contributed by atoms with Crippen molar-refractivity contribution in [2.45, 2.75) is 13.0 Å². The fraction of sp³-hybridized carbons (Fsp3) is 0.167. The molecule has 0 saturated heterocycles. The van der Waals surface area contributed by atoms with Gasteiger partial charge in [0.2, 0.25) is 0 Å². The van der Waals surface area contributed by atoms with E-state index in [4.69, 9.17) is 5.73 Å². The molecule has 1 unspecified atom stereocenters. The predicted octanol–water partition coefficient (Wildman–Crippen LogP) is 1.97. The van der Waals surface area contributed by atoms with Crippen molar-refractivity contribution in [1.82, 2.24) is 9.97 Å². The van der Waals surface area contributed by atoms with Crippen LogP contribution in [0.3, 0.4) is 0 Å². The summed E-state index contributed by atoms with van der Waals surface area (Å²) in [6, 6.07) is 4.59. The summed E-state index contributed by atoms with van der Waals surface area (Å²) in [7, 11) is 0. The number of halogens is 1. The molecule has 16 heavy (non-hydrogen) atoms. The Morgan fingerprint density at radius 3 is 2.81 bits per heavy atom. The average Bonchev–Trinajstić information content (AvgIpc) is 2.33. The third-order valence-electron chi connectivity index (χ3n) is 2.46. The van der Waals surface area contributed by atoms with Crippen LogP contribution in [-0.2, 0) is 0 Å². The fourth-order valence-electron chi connectivity index (χ4n) is 1.54.